The average molecular weight is 310 g/mol. The summed E-state index contributed by atoms with van der Waals surface area (Å²) in [4.78, 5) is 12.0. The molecule has 0 aliphatic heterocycles. The summed E-state index contributed by atoms with van der Waals surface area (Å²) in [5, 5.41) is 8.05. The number of carbonyl (C=O) groups excluding carboxylic acids is 1. The Morgan fingerprint density at radius 2 is 2.00 bits per heavy atom. The SMILES string of the molecule is O=C(Cc1cc(-c2cc3ccccc3o2)on1)NC1CCCC1. The van der Waals surface area contributed by atoms with Gasteiger partial charge in [-0.1, -0.05) is 36.2 Å². The highest BCUT2D eigenvalue weighted by molar-refractivity contribution is 5.82. The monoisotopic (exact) mass is 310 g/mol. The lowest BCUT2D eigenvalue weighted by Crippen LogP contribution is -2.33. The Balaban J connectivity index is 1.46. The first-order valence-corrected chi connectivity index (χ1v) is 8.02. The first kappa shape index (κ1) is 14.1. The molecule has 0 spiro atoms. The maximum atomic E-state index is 12.0. The molecule has 3 aromatic rings. The van der Waals surface area contributed by atoms with Gasteiger partial charge in [-0.3, -0.25) is 4.79 Å². The van der Waals surface area contributed by atoms with Gasteiger partial charge in [-0.05, 0) is 25.0 Å². The topological polar surface area (TPSA) is 68.3 Å². The molecule has 1 aliphatic rings. The Labute approximate surface area is 133 Å². The van der Waals surface area contributed by atoms with Gasteiger partial charge in [-0.25, -0.2) is 0 Å². The van der Waals surface area contributed by atoms with E-state index in [1.807, 2.05) is 30.3 Å². The molecule has 1 N–H and O–H groups in total. The lowest BCUT2D eigenvalue weighted by Gasteiger charge is -2.10. The summed E-state index contributed by atoms with van der Waals surface area (Å²) in [6.07, 6.45) is 4.79. The van der Waals surface area contributed by atoms with Crippen molar-refractivity contribution >= 4 is 16.9 Å². The number of hydrogen-bond acceptors (Lipinski definition) is 4. The first-order valence-electron chi connectivity index (χ1n) is 8.02. The molecule has 4 rings (SSSR count). The summed E-state index contributed by atoms with van der Waals surface area (Å²) in [7, 11) is 0. The van der Waals surface area contributed by atoms with Crippen molar-refractivity contribution in [2.75, 3.05) is 0 Å². The fourth-order valence-corrected chi connectivity index (χ4v) is 3.13. The number of fused-ring (bicyclic) bond motifs is 1. The van der Waals surface area contributed by atoms with Crippen LogP contribution in [0.2, 0.25) is 0 Å². The van der Waals surface area contributed by atoms with Crippen molar-refractivity contribution in [3.05, 3.63) is 42.1 Å². The molecule has 1 aromatic carbocycles. The second-order valence-electron chi connectivity index (χ2n) is 6.06. The second-order valence-corrected chi connectivity index (χ2v) is 6.06. The van der Waals surface area contributed by atoms with Gasteiger partial charge in [0.05, 0.1) is 12.1 Å². The van der Waals surface area contributed by atoms with Gasteiger partial charge in [-0.2, -0.15) is 0 Å². The van der Waals surface area contributed by atoms with Crippen LogP contribution in [0.3, 0.4) is 0 Å². The highest BCUT2D eigenvalue weighted by atomic mass is 16.5. The summed E-state index contributed by atoms with van der Waals surface area (Å²) >= 11 is 0. The molecule has 2 aromatic heterocycles. The molecule has 118 valence electrons. The van der Waals surface area contributed by atoms with Gasteiger partial charge in [0, 0.05) is 17.5 Å². The normalized spacial score (nSPS) is 15.3. The third-order valence-corrected chi connectivity index (χ3v) is 4.29. The predicted octanol–water partition coefficient (Wildman–Crippen LogP) is 3.69. The summed E-state index contributed by atoms with van der Waals surface area (Å²) in [6.45, 7) is 0. The Morgan fingerprint density at radius 3 is 2.83 bits per heavy atom. The molecule has 5 nitrogen and oxygen atoms in total. The van der Waals surface area contributed by atoms with Crippen LogP contribution in [0.25, 0.3) is 22.5 Å². The molecule has 1 amide bonds. The van der Waals surface area contributed by atoms with Crippen LogP contribution in [-0.4, -0.2) is 17.1 Å². The number of benzene rings is 1. The lowest BCUT2D eigenvalue weighted by molar-refractivity contribution is -0.121. The zero-order chi connectivity index (χ0) is 15.6. The molecule has 0 bridgehead atoms. The summed E-state index contributed by atoms with van der Waals surface area (Å²) in [5.74, 6) is 1.17. The Morgan fingerprint density at radius 1 is 1.17 bits per heavy atom. The van der Waals surface area contributed by atoms with Gasteiger partial charge >= 0.3 is 0 Å². The Bertz CT molecular complexity index is 795. The van der Waals surface area contributed by atoms with E-state index in [4.69, 9.17) is 8.94 Å². The minimum absolute atomic E-state index is 0.00126. The minimum Gasteiger partial charge on any atom is -0.453 e. The molecule has 23 heavy (non-hydrogen) atoms. The number of nitrogens with zero attached hydrogens (tertiary/aromatic N) is 1. The van der Waals surface area contributed by atoms with Gasteiger partial charge in [0.15, 0.2) is 5.76 Å². The van der Waals surface area contributed by atoms with E-state index in [0.29, 0.717) is 23.3 Å². The standard InChI is InChI=1S/C18H18N2O3/c21-18(19-13-6-2-3-7-13)11-14-10-17(23-20-14)16-9-12-5-1-4-8-15(12)22-16/h1,4-5,8-10,13H,2-3,6-7,11H2,(H,19,21). The number of hydrogen-bond donors (Lipinski definition) is 1. The maximum Gasteiger partial charge on any atom is 0.226 e. The molecule has 0 unspecified atom stereocenters. The van der Waals surface area contributed by atoms with Crippen molar-refractivity contribution in [1.29, 1.82) is 0 Å². The van der Waals surface area contributed by atoms with Crippen LogP contribution in [0.5, 0.6) is 0 Å². The van der Waals surface area contributed by atoms with Gasteiger partial charge in [0.1, 0.15) is 5.58 Å². The summed E-state index contributed by atoms with van der Waals surface area (Å²) in [5.41, 5.74) is 1.43. The molecular weight excluding hydrogens is 292 g/mol. The largest absolute Gasteiger partial charge is 0.453 e. The first-order chi connectivity index (χ1) is 11.3. The zero-order valence-corrected chi connectivity index (χ0v) is 12.7. The highest BCUT2D eigenvalue weighted by Gasteiger charge is 2.19. The number of rotatable bonds is 4. The molecule has 1 fully saturated rings. The average Bonchev–Trinajstić information content (AvgIpc) is 3.26. The predicted molar refractivity (Wildman–Crippen MR) is 85.8 cm³/mol. The second kappa shape index (κ2) is 5.91. The third-order valence-electron chi connectivity index (χ3n) is 4.29. The van der Waals surface area contributed by atoms with Crippen molar-refractivity contribution in [2.45, 2.75) is 38.1 Å². The van der Waals surface area contributed by atoms with Crippen LogP contribution in [0, 0.1) is 0 Å². The van der Waals surface area contributed by atoms with Crippen molar-refractivity contribution in [1.82, 2.24) is 10.5 Å². The van der Waals surface area contributed by atoms with Crippen molar-refractivity contribution in [3.63, 3.8) is 0 Å². The van der Waals surface area contributed by atoms with Gasteiger partial charge < -0.3 is 14.3 Å². The van der Waals surface area contributed by atoms with Gasteiger partial charge in [0.2, 0.25) is 11.7 Å². The Hall–Kier alpha value is -2.56. The number of aromatic nitrogens is 1. The maximum absolute atomic E-state index is 12.0. The highest BCUT2D eigenvalue weighted by Crippen LogP contribution is 2.28. The van der Waals surface area contributed by atoms with Crippen LogP contribution in [0.4, 0.5) is 0 Å². The van der Waals surface area contributed by atoms with Crippen LogP contribution in [0.15, 0.2) is 45.3 Å². The molecule has 5 heteroatoms. The molecule has 0 atom stereocenters. The number of carbonyl (C=O) groups is 1. The van der Waals surface area contributed by atoms with Crippen molar-refractivity contribution in [2.24, 2.45) is 0 Å². The van der Waals surface area contributed by atoms with E-state index in [-0.39, 0.29) is 12.3 Å². The summed E-state index contributed by atoms with van der Waals surface area (Å²) < 4.78 is 11.1. The van der Waals surface area contributed by atoms with Crippen LogP contribution < -0.4 is 5.32 Å². The van der Waals surface area contributed by atoms with Crippen LogP contribution >= 0.6 is 0 Å². The molecule has 1 saturated carbocycles. The number of nitrogens with one attached hydrogen (secondary N) is 1. The van der Waals surface area contributed by atoms with E-state index >= 15 is 0 Å². The van der Waals surface area contributed by atoms with E-state index in [0.717, 1.165) is 23.8 Å². The van der Waals surface area contributed by atoms with E-state index in [2.05, 4.69) is 10.5 Å². The lowest BCUT2D eigenvalue weighted by atomic mass is 10.2. The molecule has 0 saturated heterocycles. The molecule has 0 radical (unpaired) electrons. The van der Waals surface area contributed by atoms with E-state index in [1.165, 1.54) is 12.8 Å². The number of para-hydroxylation sites is 1. The fourth-order valence-electron chi connectivity index (χ4n) is 3.13. The number of amides is 1. The van der Waals surface area contributed by atoms with Crippen molar-refractivity contribution in [3.8, 4) is 11.5 Å². The molecule has 1 aliphatic carbocycles. The van der Waals surface area contributed by atoms with Gasteiger partial charge in [0.25, 0.3) is 0 Å². The van der Waals surface area contributed by atoms with E-state index in [9.17, 15) is 4.79 Å². The fraction of sp³-hybridized carbons (Fsp3) is 0.333. The van der Waals surface area contributed by atoms with E-state index < -0.39 is 0 Å². The van der Waals surface area contributed by atoms with Crippen molar-refractivity contribution < 1.29 is 13.7 Å². The van der Waals surface area contributed by atoms with E-state index in [1.54, 1.807) is 6.07 Å². The molecule has 2 heterocycles. The zero-order valence-electron chi connectivity index (χ0n) is 12.7. The van der Waals surface area contributed by atoms with Crippen LogP contribution in [0.1, 0.15) is 31.4 Å². The summed E-state index contributed by atoms with van der Waals surface area (Å²) in [6, 6.07) is 11.8. The third kappa shape index (κ3) is 2.99. The van der Waals surface area contributed by atoms with Crippen LogP contribution in [-0.2, 0) is 11.2 Å². The quantitative estimate of drug-likeness (QED) is 0.798. The van der Waals surface area contributed by atoms with Gasteiger partial charge in [-0.15, -0.1) is 0 Å². The number of furan rings is 1. The smallest absolute Gasteiger partial charge is 0.226 e. The Kier molecular flexibility index (Phi) is 3.61. The minimum atomic E-state index is 0.00126. The molecular formula is C18H18N2O3.